The van der Waals surface area contributed by atoms with Gasteiger partial charge in [-0.2, -0.15) is 0 Å². The second-order valence-corrected chi connectivity index (χ2v) is 4.92. The van der Waals surface area contributed by atoms with Crippen LogP contribution in [0.4, 0.5) is 8.78 Å². The molecular weight excluding hydrogens is 262 g/mol. The van der Waals surface area contributed by atoms with E-state index in [1.54, 1.807) is 12.1 Å². The van der Waals surface area contributed by atoms with Crippen molar-refractivity contribution in [3.63, 3.8) is 0 Å². The van der Waals surface area contributed by atoms with Gasteiger partial charge in [0, 0.05) is 18.1 Å². The third-order valence-electron chi connectivity index (χ3n) is 3.34. The van der Waals surface area contributed by atoms with Crippen molar-refractivity contribution in [2.75, 3.05) is 6.61 Å². The fourth-order valence-electron chi connectivity index (χ4n) is 2.29. The Kier molecular flexibility index (Phi) is 3.30. The van der Waals surface area contributed by atoms with Gasteiger partial charge in [-0.05, 0) is 36.8 Å². The molecule has 20 heavy (non-hydrogen) atoms. The molecule has 0 fully saturated rings. The van der Waals surface area contributed by atoms with Crippen molar-refractivity contribution in [3.05, 3.63) is 59.2 Å². The Morgan fingerprint density at radius 3 is 2.75 bits per heavy atom. The molecule has 2 aromatic rings. The number of halogens is 2. The molecule has 1 atom stereocenters. The Morgan fingerprint density at radius 1 is 1.15 bits per heavy atom. The number of rotatable bonds is 3. The zero-order chi connectivity index (χ0) is 14.1. The summed E-state index contributed by atoms with van der Waals surface area (Å²) in [5, 5.41) is 0. The standard InChI is InChI=1S/C16H14F2O2/c1-10-2-3-13(18)8-16(10)19-9-14-7-11-6-12(17)4-5-15(11)20-14/h2-6,8,14H,7,9H2,1H3. The summed E-state index contributed by atoms with van der Waals surface area (Å²) in [4.78, 5) is 0. The summed E-state index contributed by atoms with van der Waals surface area (Å²) in [6.45, 7) is 2.16. The van der Waals surface area contributed by atoms with Crippen LogP contribution in [0.15, 0.2) is 36.4 Å². The molecule has 0 saturated heterocycles. The lowest BCUT2D eigenvalue weighted by Crippen LogP contribution is -2.22. The molecule has 1 aliphatic rings. The minimum absolute atomic E-state index is 0.172. The van der Waals surface area contributed by atoms with Crippen LogP contribution in [0.1, 0.15) is 11.1 Å². The largest absolute Gasteiger partial charge is 0.489 e. The molecule has 0 bridgehead atoms. The van der Waals surface area contributed by atoms with Gasteiger partial charge in [-0.25, -0.2) is 8.78 Å². The van der Waals surface area contributed by atoms with E-state index in [9.17, 15) is 8.78 Å². The summed E-state index contributed by atoms with van der Waals surface area (Å²) in [5.41, 5.74) is 1.71. The highest BCUT2D eigenvalue weighted by Crippen LogP contribution is 2.30. The van der Waals surface area contributed by atoms with Crippen molar-refractivity contribution in [1.29, 1.82) is 0 Å². The molecule has 0 aliphatic carbocycles. The van der Waals surface area contributed by atoms with Crippen molar-refractivity contribution < 1.29 is 18.3 Å². The van der Waals surface area contributed by atoms with Gasteiger partial charge in [0.05, 0.1) is 0 Å². The first kappa shape index (κ1) is 12.9. The third-order valence-corrected chi connectivity index (χ3v) is 3.34. The fraction of sp³-hybridized carbons (Fsp3) is 0.250. The predicted octanol–water partition coefficient (Wildman–Crippen LogP) is 3.66. The minimum atomic E-state index is -0.330. The predicted molar refractivity (Wildman–Crippen MR) is 71.2 cm³/mol. The topological polar surface area (TPSA) is 18.5 Å². The summed E-state index contributed by atoms with van der Waals surface area (Å²) in [6, 6.07) is 8.90. The first-order chi connectivity index (χ1) is 9.61. The highest BCUT2D eigenvalue weighted by atomic mass is 19.1. The lowest BCUT2D eigenvalue weighted by Gasteiger charge is -2.14. The average Bonchev–Trinajstić information content (AvgIpc) is 2.81. The lowest BCUT2D eigenvalue weighted by atomic mass is 10.1. The molecule has 0 aromatic heterocycles. The van der Waals surface area contributed by atoms with Crippen LogP contribution in [-0.2, 0) is 6.42 Å². The number of hydrogen-bond donors (Lipinski definition) is 0. The molecule has 2 nitrogen and oxygen atoms in total. The molecule has 0 N–H and O–H groups in total. The molecule has 2 aromatic carbocycles. The molecule has 1 unspecified atom stereocenters. The second-order valence-electron chi connectivity index (χ2n) is 4.92. The third kappa shape index (κ3) is 2.59. The summed E-state index contributed by atoms with van der Waals surface area (Å²) in [6.07, 6.45) is 0.427. The van der Waals surface area contributed by atoms with Gasteiger partial charge in [0.1, 0.15) is 35.8 Å². The normalized spacial score (nSPS) is 16.6. The molecule has 0 amide bonds. The van der Waals surface area contributed by atoms with Gasteiger partial charge >= 0.3 is 0 Å². The maximum Gasteiger partial charge on any atom is 0.137 e. The first-order valence-corrected chi connectivity index (χ1v) is 6.46. The van der Waals surface area contributed by atoms with E-state index >= 15 is 0 Å². The Balaban J connectivity index is 1.65. The van der Waals surface area contributed by atoms with Crippen molar-refractivity contribution in [1.82, 2.24) is 0 Å². The van der Waals surface area contributed by atoms with Crippen LogP contribution in [0.25, 0.3) is 0 Å². The highest BCUT2D eigenvalue weighted by Gasteiger charge is 2.24. The average molecular weight is 276 g/mol. The number of hydrogen-bond acceptors (Lipinski definition) is 2. The number of benzene rings is 2. The first-order valence-electron chi connectivity index (χ1n) is 6.46. The van der Waals surface area contributed by atoms with Gasteiger partial charge in [-0.1, -0.05) is 6.07 Å². The molecule has 1 aliphatic heterocycles. The Morgan fingerprint density at radius 2 is 1.90 bits per heavy atom. The zero-order valence-electron chi connectivity index (χ0n) is 11.0. The van der Waals surface area contributed by atoms with Crippen molar-refractivity contribution in [3.8, 4) is 11.5 Å². The second kappa shape index (κ2) is 5.12. The van der Waals surface area contributed by atoms with E-state index in [1.165, 1.54) is 24.3 Å². The van der Waals surface area contributed by atoms with E-state index < -0.39 is 0 Å². The van der Waals surface area contributed by atoms with Gasteiger partial charge < -0.3 is 9.47 Å². The molecule has 0 spiro atoms. The summed E-state index contributed by atoms with van der Waals surface area (Å²) in [5.74, 6) is 0.602. The molecule has 0 saturated carbocycles. The smallest absolute Gasteiger partial charge is 0.137 e. The molecular formula is C16H14F2O2. The maximum atomic E-state index is 13.2. The van der Waals surface area contributed by atoms with Crippen LogP contribution in [0, 0.1) is 18.6 Å². The van der Waals surface area contributed by atoms with Gasteiger partial charge in [0.15, 0.2) is 0 Å². The van der Waals surface area contributed by atoms with Gasteiger partial charge in [-0.3, -0.25) is 0 Å². The van der Waals surface area contributed by atoms with E-state index in [4.69, 9.17) is 9.47 Å². The summed E-state index contributed by atoms with van der Waals surface area (Å²) < 4.78 is 37.5. The number of ether oxygens (including phenoxy) is 2. The molecule has 0 radical (unpaired) electrons. The fourth-order valence-corrected chi connectivity index (χ4v) is 2.29. The number of aryl methyl sites for hydroxylation is 1. The number of fused-ring (bicyclic) bond motifs is 1. The van der Waals surface area contributed by atoms with Crippen LogP contribution < -0.4 is 9.47 Å². The van der Waals surface area contributed by atoms with Crippen molar-refractivity contribution in [2.45, 2.75) is 19.4 Å². The Labute approximate surface area is 116 Å². The molecule has 1 heterocycles. The molecule has 104 valence electrons. The van der Waals surface area contributed by atoms with E-state index in [1.807, 2.05) is 6.92 Å². The Hall–Kier alpha value is -2.10. The quantitative estimate of drug-likeness (QED) is 0.851. The van der Waals surface area contributed by atoms with E-state index in [0.717, 1.165) is 11.1 Å². The van der Waals surface area contributed by atoms with Crippen LogP contribution in [0.2, 0.25) is 0 Å². The molecule has 3 rings (SSSR count). The molecule has 4 heteroatoms. The maximum absolute atomic E-state index is 13.2. The van der Waals surface area contributed by atoms with E-state index in [0.29, 0.717) is 24.5 Å². The van der Waals surface area contributed by atoms with Crippen LogP contribution in [0.3, 0.4) is 0 Å². The van der Waals surface area contributed by atoms with Gasteiger partial charge in [0.2, 0.25) is 0 Å². The summed E-state index contributed by atoms with van der Waals surface area (Å²) >= 11 is 0. The minimum Gasteiger partial charge on any atom is -0.489 e. The van der Waals surface area contributed by atoms with Crippen molar-refractivity contribution >= 4 is 0 Å². The van der Waals surface area contributed by atoms with Gasteiger partial charge in [0.25, 0.3) is 0 Å². The van der Waals surface area contributed by atoms with Crippen molar-refractivity contribution in [2.24, 2.45) is 0 Å². The summed E-state index contributed by atoms with van der Waals surface area (Å²) in [7, 11) is 0. The highest BCUT2D eigenvalue weighted by molar-refractivity contribution is 5.38. The van der Waals surface area contributed by atoms with Crippen LogP contribution in [0.5, 0.6) is 11.5 Å². The lowest BCUT2D eigenvalue weighted by molar-refractivity contribution is 0.148. The SMILES string of the molecule is Cc1ccc(F)cc1OCC1Cc2cc(F)ccc2O1. The zero-order valence-corrected chi connectivity index (χ0v) is 11.0. The van der Waals surface area contributed by atoms with Crippen LogP contribution >= 0.6 is 0 Å². The Bertz CT molecular complexity index is 640. The van der Waals surface area contributed by atoms with E-state index in [-0.39, 0.29) is 17.7 Å². The van der Waals surface area contributed by atoms with Gasteiger partial charge in [-0.15, -0.1) is 0 Å². The van der Waals surface area contributed by atoms with E-state index in [2.05, 4.69) is 0 Å². The van der Waals surface area contributed by atoms with Crippen LogP contribution in [-0.4, -0.2) is 12.7 Å². The monoisotopic (exact) mass is 276 g/mol.